The second kappa shape index (κ2) is 40.3. The maximum atomic E-state index is 12.7. The first kappa shape index (κ1) is 54.5. The first-order valence-corrected chi connectivity index (χ1v) is 25.2. The highest BCUT2D eigenvalue weighted by molar-refractivity contribution is 7.45. The largest absolute Gasteiger partial charge is 0.756 e. The summed E-state index contributed by atoms with van der Waals surface area (Å²) in [7, 11) is 1.38. The SMILES string of the molecule is CCCCCCCCCCCCCCCCCCCCCCOCC(COP(=O)([O-])OCC[N+](C)(C)C)OC(=O)CCCCCCCCCCCCCCC. The number of carbonyl (C=O) groups is 1. The Hall–Kier alpha value is -0.500. The molecule has 2 unspecified atom stereocenters. The van der Waals surface area contributed by atoms with Crippen molar-refractivity contribution in [3.63, 3.8) is 0 Å². The molecule has 0 saturated carbocycles. The van der Waals surface area contributed by atoms with Crippen molar-refractivity contribution in [3.05, 3.63) is 0 Å². The Morgan fingerprint density at radius 2 is 0.836 bits per heavy atom. The van der Waals surface area contributed by atoms with Gasteiger partial charge in [0.15, 0.2) is 0 Å². The van der Waals surface area contributed by atoms with Gasteiger partial charge in [-0.05, 0) is 12.8 Å². The summed E-state index contributed by atoms with van der Waals surface area (Å²) in [5, 5.41) is 0. The van der Waals surface area contributed by atoms with E-state index in [-0.39, 0.29) is 25.8 Å². The molecule has 0 aliphatic rings. The van der Waals surface area contributed by atoms with E-state index in [0.29, 0.717) is 24.1 Å². The summed E-state index contributed by atoms with van der Waals surface area (Å²) < 4.78 is 34.7. The second-order valence-electron chi connectivity index (χ2n) is 17.5. The predicted octanol–water partition coefficient (Wildman–Crippen LogP) is 13.4. The molecule has 330 valence electrons. The van der Waals surface area contributed by atoms with Gasteiger partial charge in [0.05, 0.1) is 34.4 Å². The molecule has 0 aromatic heterocycles. The number of nitrogens with zero attached hydrogens (tertiary/aromatic N) is 1. The topological polar surface area (TPSA) is 94.1 Å². The molecule has 9 heteroatoms. The van der Waals surface area contributed by atoms with Crippen molar-refractivity contribution < 1.29 is 37.3 Å². The quantitative estimate of drug-likeness (QED) is 0.0262. The van der Waals surface area contributed by atoms with Crippen LogP contribution >= 0.6 is 7.82 Å². The molecule has 0 heterocycles. The summed E-state index contributed by atoms with van der Waals surface area (Å²) >= 11 is 0. The van der Waals surface area contributed by atoms with Gasteiger partial charge in [-0.3, -0.25) is 9.36 Å². The molecule has 55 heavy (non-hydrogen) atoms. The number of unbranched alkanes of at least 4 members (excludes halogenated alkanes) is 31. The molecule has 0 aliphatic heterocycles. The van der Waals surface area contributed by atoms with Crippen LogP contribution < -0.4 is 4.89 Å². The molecule has 0 fully saturated rings. The van der Waals surface area contributed by atoms with E-state index in [0.717, 1.165) is 32.1 Å². The normalized spacial score (nSPS) is 13.6. The summed E-state index contributed by atoms with van der Waals surface area (Å²) in [5.74, 6) is -0.328. The van der Waals surface area contributed by atoms with Gasteiger partial charge in [0.1, 0.15) is 19.3 Å². The predicted molar refractivity (Wildman–Crippen MR) is 231 cm³/mol. The third kappa shape index (κ3) is 44.4. The van der Waals surface area contributed by atoms with Gasteiger partial charge in [0.25, 0.3) is 7.82 Å². The average Bonchev–Trinajstić information content (AvgIpc) is 3.13. The molecule has 0 aliphatic carbocycles. The van der Waals surface area contributed by atoms with Gasteiger partial charge in [-0.1, -0.05) is 213 Å². The molecule has 0 aromatic rings. The van der Waals surface area contributed by atoms with Gasteiger partial charge in [0.2, 0.25) is 0 Å². The lowest BCUT2D eigenvalue weighted by molar-refractivity contribution is -0.870. The smallest absolute Gasteiger partial charge is 0.306 e. The maximum Gasteiger partial charge on any atom is 0.306 e. The van der Waals surface area contributed by atoms with Crippen molar-refractivity contribution in [2.24, 2.45) is 0 Å². The number of hydrogen-bond acceptors (Lipinski definition) is 7. The Balaban J connectivity index is 4.09. The summed E-state index contributed by atoms with van der Waals surface area (Å²) in [5.41, 5.74) is 0. The number of hydrogen-bond donors (Lipinski definition) is 0. The molecule has 0 spiro atoms. The van der Waals surface area contributed by atoms with Gasteiger partial charge >= 0.3 is 5.97 Å². The third-order valence-corrected chi connectivity index (χ3v) is 11.6. The first-order chi connectivity index (χ1) is 26.6. The minimum Gasteiger partial charge on any atom is -0.756 e. The highest BCUT2D eigenvalue weighted by atomic mass is 31.2. The molecule has 0 N–H and O–H groups in total. The maximum absolute atomic E-state index is 12.7. The van der Waals surface area contributed by atoms with Crippen molar-refractivity contribution >= 4 is 13.8 Å². The van der Waals surface area contributed by atoms with Gasteiger partial charge in [-0.25, -0.2) is 0 Å². The number of quaternary nitrogens is 1. The number of carbonyl (C=O) groups excluding carboxylic acids is 1. The van der Waals surface area contributed by atoms with Crippen LogP contribution in [0.25, 0.3) is 0 Å². The molecule has 0 bridgehead atoms. The number of esters is 1. The van der Waals surface area contributed by atoms with E-state index in [1.165, 1.54) is 180 Å². The van der Waals surface area contributed by atoms with Gasteiger partial charge in [-0.15, -0.1) is 0 Å². The molecule has 0 amide bonds. The fourth-order valence-corrected chi connectivity index (χ4v) is 7.69. The molecule has 8 nitrogen and oxygen atoms in total. The lowest BCUT2D eigenvalue weighted by Gasteiger charge is -2.28. The Morgan fingerprint density at radius 3 is 1.20 bits per heavy atom. The van der Waals surface area contributed by atoms with Crippen LogP contribution in [0.15, 0.2) is 0 Å². The van der Waals surface area contributed by atoms with Crippen LogP contribution in [0.2, 0.25) is 0 Å². The zero-order chi connectivity index (χ0) is 40.6. The van der Waals surface area contributed by atoms with Crippen molar-refractivity contribution in [2.75, 3.05) is 54.1 Å². The van der Waals surface area contributed by atoms with E-state index in [1.807, 2.05) is 21.1 Å². The molecule has 0 rings (SSSR count). The Morgan fingerprint density at radius 1 is 0.491 bits per heavy atom. The lowest BCUT2D eigenvalue weighted by atomic mass is 10.0. The summed E-state index contributed by atoms with van der Waals surface area (Å²) in [6.07, 6.45) is 42.6. The van der Waals surface area contributed by atoms with Crippen LogP contribution in [0.1, 0.15) is 232 Å². The van der Waals surface area contributed by atoms with E-state index in [2.05, 4.69) is 13.8 Å². The van der Waals surface area contributed by atoms with E-state index >= 15 is 0 Å². The molecule has 2 atom stereocenters. The summed E-state index contributed by atoms with van der Waals surface area (Å²) in [6.45, 7) is 5.47. The molecular formula is C46H94NO7P. The first-order valence-electron chi connectivity index (χ1n) is 23.8. The number of phosphoric acid groups is 1. The van der Waals surface area contributed by atoms with Crippen LogP contribution in [0, 0.1) is 0 Å². The standard InChI is InChI=1S/C46H94NO7P/c1-6-8-10-12-14-16-18-20-21-22-23-24-25-26-28-30-32-34-36-38-41-51-43-45(44-53-55(49,50)52-42-40-47(3,4)5)54-46(48)39-37-35-33-31-29-27-19-17-15-13-11-9-7-2/h45H,6-44H2,1-5H3. The van der Waals surface area contributed by atoms with Crippen molar-refractivity contribution in [1.82, 2.24) is 0 Å². The van der Waals surface area contributed by atoms with Crippen LogP contribution in [0.5, 0.6) is 0 Å². The van der Waals surface area contributed by atoms with E-state index in [1.54, 1.807) is 0 Å². The molecule has 0 saturated heterocycles. The molecule has 0 radical (unpaired) electrons. The highest BCUT2D eigenvalue weighted by Crippen LogP contribution is 2.38. The lowest BCUT2D eigenvalue weighted by Crippen LogP contribution is -2.37. The van der Waals surface area contributed by atoms with Crippen LogP contribution in [0.3, 0.4) is 0 Å². The fourth-order valence-electron chi connectivity index (χ4n) is 6.96. The van der Waals surface area contributed by atoms with Crippen molar-refractivity contribution in [2.45, 2.75) is 238 Å². The van der Waals surface area contributed by atoms with E-state index in [4.69, 9.17) is 18.5 Å². The van der Waals surface area contributed by atoms with Crippen LogP contribution in [-0.2, 0) is 27.9 Å². The average molecular weight is 804 g/mol. The minimum atomic E-state index is -4.52. The fraction of sp³-hybridized carbons (Fsp3) is 0.978. The Bertz CT molecular complexity index is 853. The number of rotatable bonds is 45. The van der Waals surface area contributed by atoms with E-state index in [9.17, 15) is 14.3 Å². The summed E-state index contributed by atoms with van der Waals surface area (Å²) in [6, 6.07) is 0. The van der Waals surface area contributed by atoms with Crippen LogP contribution in [-0.4, -0.2) is 70.7 Å². The third-order valence-electron chi connectivity index (χ3n) is 10.7. The number of likely N-dealkylation sites (N-methyl/N-ethyl adjacent to an activating group) is 1. The van der Waals surface area contributed by atoms with Gasteiger partial charge in [0, 0.05) is 13.0 Å². The highest BCUT2D eigenvalue weighted by Gasteiger charge is 2.20. The van der Waals surface area contributed by atoms with E-state index < -0.39 is 13.9 Å². The Kier molecular flexibility index (Phi) is 39.9. The summed E-state index contributed by atoms with van der Waals surface area (Å²) in [4.78, 5) is 25.1. The second-order valence-corrected chi connectivity index (χ2v) is 18.9. The zero-order valence-corrected chi connectivity index (χ0v) is 38.3. The van der Waals surface area contributed by atoms with Gasteiger partial charge in [-0.2, -0.15) is 0 Å². The monoisotopic (exact) mass is 804 g/mol. The minimum absolute atomic E-state index is 0.0315. The number of ether oxygens (including phenoxy) is 2. The van der Waals surface area contributed by atoms with Gasteiger partial charge < -0.3 is 27.9 Å². The molecule has 0 aromatic carbocycles. The van der Waals surface area contributed by atoms with Crippen molar-refractivity contribution in [3.8, 4) is 0 Å². The number of phosphoric ester groups is 1. The molecular weight excluding hydrogens is 709 g/mol. The van der Waals surface area contributed by atoms with Crippen LogP contribution in [0.4, 0.5) is 0 Å². The van der Waals surface area contributed by atoms with Crippen molar-refractivity contribution in [1.29, 1.82) is 0 Å². The zero-order valence-electron chi connectivity index (χ0n) is 37.4. The Labute approximate surface area is 342 Å².